The van der Waals surface area contributed by atoms with Crippen molar-refractivity contribution in [3.05, 3.63) is 23.3 Å². The number of thioether (sulfide) groups is 1. The fourth-order valence-electron chi connectivity index (χ4n) is 1.69. The minimum atomic E-state index is -0.814. The van der Waals surface area contributed by atoms with Crippen LogP contribution in [0.5, 0.6) is 5.75 Å². The van der Waals surface area contributed by atoms with Crippen LogP contribution in [0.15, 0.2) is 17.0 Å². The molecule has 0 saturated heterocycles. The van der Waals surface area contributed by atoms with Crippen LogP contribution in [0.1, 0.15) is 43.6 Å². The smallest absolute Gasteiger partial charge is 0.428 e. The van der Waals surface area contributed by atoms with E-state index in [1.165, 1.54) is 18.7 Å². The van der Waals surface area contributed by atoms with E-state index in [-0.39, 0.29) is 11.5 Å². The maximum Gasteiger partial charge on any atom is 0.514 e. The molecule has 0 aliphatic heterocycles. The van der Waals surface area contributed by atoms with Crippen LogP contribution >= 0.6 is 27.7 Å². The first-order chi connectivity index (χ1) is 9.69. The van der Waals surface area contributed by atoms with Gasteiger partial charge >= 0.3 is 6.16 Å². The molecule has 0 aromatic heterocycles. The van der Waals surface area contributed by atoms with Crippen molar-refractivity contribution in [2.75, 3.05) is 6.26 Å². The van der Waals surface area contributed by atoms with Gasteiger partial charge in [-0.1, -0.05) is 22.0 Å². The van der Waals surface area contributed by atoms with Gasteiger partial charge in [-0.05, 0) is 40.0 Å². The summed E-state index contributed by atoms with van der Waals surface area (Å²) in [5.41, 5.74) is 0.480. The molecule has 1 rings (SSSR count). The zero-order valence-corrected chi connectivity index (χ0v) is 15.2. The van der Waals surface area contributed by atoms with E-state index in [1.54, 1.807) is 20.8 Å². The molecule has 0 unspecified atom stereocenters. The van der Waals surface area contributed by atoms with E-state index >= 15 is 0 Å². The fraction of sp³-hybridized carbons (Fsp3) is 0.467. The van der Waals surface area contributed by atoms with Crippen molar-refractivity contribution in [3.8, 4) is 5.75 Å². The van der Waals surface area contributed by atoms with Crippen LogP contribution in [0.2, 0.25) is 0 Å². The normalized spacial score (nSPS) is 11.1. The Balaban J connectivity index is 3.25. The molecule has 0 saturated carbocycles. The molecular weight excluding hydrogens is 356 g/mol. The maximum atomic E-state index is 11.9. The third kappa shape index (κ3) is 5.04. The molecule has 1 aromatic carbocycles. The Hall–Kier alpha value is -1.01. The summed E-state index contributed by atoms with van der Waals surface area (Å²) in [5.74, 6) is 0.112. The molecule has 21 heavy (non-hydrogen) atoms. The zero-order chi connectivity index (χ0) is 16.2. The Bertz CT molecular complexity index is 549. The van der Waals surface area contributed by atoms with Crippen molar-refractivity contribution in [1.82, 2.24) is 0 Å². The van der Waals surface area contributed by atoms with Crippen molar-refractivity contribution < 1.29 is 19.1 Å². The molecule has 0 heterocycles. The molecule has 0 aliphatic rings. The Morgan fingerprint density at radius 2 is 1.90 bits per heavy atom. The van der Waals surface area contributed by atoms with Gasteiger partial charge in [0.2, 0.25) is 0 Å². The second kappa shape index (κ2) is 7.31. The molecule has 0 atom stereocenters. The highest BCUT2D eigenvalue weighted by Crippen LogP contribution is 2.34. The lowest BCUT2D eigenvalue weighted by Crippen LogP contribution is -2.26. The van der Waals surface area contributed by atoms with Crippen LogP contribution in [-0.2, 0) is 10.1 Å². The van der Waals surface area contributed by atoms with Crippen molar-refractivity contribution in [2.45, 2.75) is 43.5 Å². The number of rotatable bonds is 4. The molecule has 116 valence electrons. The first-order valence-corrected chi connectivity index (χ1v) is 8.71. The monoisotopic (exact) mass is 374 g/mol. The van der Waals surface area contributed by atoms with Crippen molar-refractivity contribution in [1.29, 1.82) is 0 Å². The Morgan fingerprint density at radius 1 is 1.29 bits per heavy atom. The molecular formula is C15H19BrO4S. The standard InChI is InChI=1S/C15H19BrO4S/c1-9(17)12-11(21-5)7-6-10(8-16)13(12)19-14(18)20-15(2,3)4/h6-7H,8H2,1-5H3. The van der Waals surface area contributed by atoms with Gasteiger partial charge in [0.25, 0.3) is 0 Å². The van der Waals surface area contributed by atoms with E-state index in [1.807, 2.05) is 18.4 Å². The predicted octanol–water partition coefficient (Wildman–Crippen LogP) is 4.82. The van der Waals surface area contributed by atoms with Crippen molar-refractivity contribution >= 4 is 39.6 Å². The molecule has 0 aliphatic carbocycles. The summed E-state index contributed by atoms with van der Waals surface area (Å²) in [6.07, 6.45) is 1.05. The van der Waals surface area contributed by atoms with Crippen LogP contribution in [0.3, 0.4) is 0 Å². The van der Waals surface area contributed by atoms with Gasteiger partial charge in [-0.15, -0.1) is 11.8 Å². The molecule has 6 heteroatoms. The highest BCUT2D eigenvalue weighted by molar-refractivity contribution is 9.08. The van der Waals surface area contributed by atoms with E-state index in [0.29, 0.717) is 10.9 Å². The number of hydrogen-bond acceptors (Lipinski definition) is 5. The second-order valence-corrected chi connectivity index (χ2v) is 6.80. The highest BCUT2D eigenvalue weighted by Gasteiger charge is 2.23. The number of hydrogen-bond donors (Lipinski definition) is 0. The number of ketones is 1. The largest absolute Gasteiger partial charge is 0.514 e. The number of Topliss-reactive ketones (excluding diaryl/α,β-unsaturated/α-hetero) is 1. The number of carbonyl (C=O) groups is 2. The number of alkyl halides is 1. The molecule has 0 spiro atoms. The summed E-state index contributed by atoms with van der Waals surface area (Å²) in [4.78, 5) is 24.6. The average molecular weight is 375 g/mol. The Morgan fingerprint density at radius 3 is 2.33 bits per heavy atom. The first-order valence-electron chi connectivity index (χ1n) is 6.37. The van der Waals surface area contributed by atoms with Crippen LogP contribution in [0.25, 0.3) is 0 Å². The van der Waals surface area contributed by atoms with E-state index in [0.717, 1.165) is 10.5 Å². The third-order valence-corrected chi connectivity index (χ3v) is 3.88. The molecule has 0 N–H and O–H groups in total. The number of carbonyl (C=O) groups excluding carboxylic acids is 2. The van der Waals surface area contributed by atoms with Gasteiger partial charge in [-0.2, -0.15) is 0 Å². The number of ether oxygens (including phenoxy) is 2. The van der Waals surface area contributed by atoms with E-state index in [9.17, 15) is 9.59 Å². The lowest BCUT2D eigenvalue weighted by molar-refractivity contribution is 0.0203. The highest BCUT2D eigenvalue weighted by atomic mass is 79.9. The van der Waals surface area contributed by atoms with Crippen molar-refractivity contribution in [3.63, 3.8) is 0 Å². The third-order valence-electron chi connectivity index (χ3n) is 2.49. The SMILES string of the molecule is CSc1ccc(CBr)c(OC(=O)OC(C)(C)C)c1C(C)=O. The molecule has 1 aromatic rings. The predicted molar refractivity (Wildman–Crippen MR) is 87.7 cm³/mol. The lowest BCUT2D eigenvalue weighted by Gasteiger charge is -2.20. The first kappa shape index (κ1) is 18.0. The fourth-order valence-corrected chi connectivity index (χ4v) is 2.77. The van der Waals surface area contributed by atoms with Crippen molar-refractivity contribution in [2.24, 2.45) is 0 Å². The minimum Gasteiger partial charge on any atom is -0.428 e. The van der Waals surface area contributed by atoms with Gasteiger partial charge < -0.3 is 9.47 Å². The van der Waals surface area contributed by atoms with Gasteiger partial charge in [-0.25, -0.2) is 4.79 Å². The van der Waals surface area contributed by atoms with Gasteiger partial charge in [0.1, 0.15) is 5.60 Å². The summed E-state index contributed by atoms with van der Waals surface area (Å²) in [6.45, 7) is 6.71. The molecule has 0 radical (unpaired) electrons. The topological polar surface area (TPSA) is 52.6 Å². The van der Waals surface area contributed by atoms with Crippen LogP contribution in [0.4, 0.5) is 4.79 Å². The summed E-state index contributed by atoms with van der Waals surface area (Å²) < 4.78 is 10.5. The molecule has 4 nitrogen and oxygen atoms in total. The summed E-state index contributed by atoms with van der Waals surface area (Å²) >= 11 is 4.77. The second-order valence-electron chi connectivity index (χ2n) is 5.39. The zero-order valence-electron chi connectivity index (χ0n) is 12.8. The average Bonchev–Trinajstić information content (AvgIpc) is 2.35. The Labute approximate surface area is 137 Å². The van der Waals surface area contributed by atoms with Crippen LogP contribution in [0, 0.1) is 0 Å². The summed E-state index contributed by atoms with van der Waals surface area (Å²) in [5, 5.41) is 0.472. The number of halogens is 1. The summed E-state index contributed by atoms with van der Waals surface area (Å²) in [6, 6.07) is 3.67. The molecule has 0 fully saturated rings. The molecule has 0 amide bonds. The van der Waals surface area contributed by atoms with Crippen LogP contribution < -0.4 is 4.74 Å². The lowest BCUT2D eigenvalue weighted by atomic mass is 10.1. The van der Waals surface area contributed by atoms with E-state index < -0.39 is 11.8 Å². The Kier molecular flexibility index (Phi) is 6.28. The number of benzene rings is 1. The van der Waals surface area contributed by atoms with E-state index in [2.05, 4.69) is 15.9 Å². The van der Waals surface area contributed by atoms with Gasteiger partial charge in [-0.3, -0.25) is 4.79 Å². The van der Waals surface area contributed by atoms with Crippen LogP contribution in [-0.4, -0.2) is 23.8 Å². The van der Waals surface area contributed by atoms with E-state index in [4.69, 9.17) is 9.47 Å². The van der Waals surface area contributed by atoms with Gasteiger partial charge in [0.15, 0.2) is 11.5 Å². The minimum absolute atomic E-state index is 0.152. The quantitative estimate of drug-likeness (QED) is 0.248. The summed E-state index contributed by atoms with van der Waals surface area (Å²) in [7, 11) is 0. The molecule has 0 bridgehead atoms. The van der Waals surface area contributed by atoms with Gasteiger partial charge in [0, 0.05) is 15.8 Å². The maximum absolute atomic E-state index is 11.9. The van der Waals surface area contributed by atoms with Gasteiger partial charge in [0.05, 0.1) is 5.56 Å².